The molecule has 106 valence electrons. The van der Waals surface area contributed by atoms with E-state index in [1.54, 1.807) is 6.07 Å². The third kappa shape index (κ3) is 3.07. The Balaban J connectivity index is 2.08. The maximum absolute atomic E-state index is 12.0. The van der Waals surface area contributed by atoms with Crippen LogP contribution in [0.25, 0.3) is 10.9 Å². The molecule has 0 spiro atoms. The molecule has 1 aromatic carbocycles. The number of aromatic nitrogens is 1. The fourth-order valence-corrected chi connectivity index (χ4v) is 2.21. The standard InChI is InChI=1S/C16H19NO3/c1-2-3-4-7-10-20-16(19)17-11-13(12-18)14-8-5-6-9-15(14)17/h5-6,8-9,11-12H,2-4,7,10H2,1H3. The Morgan fingerprint density at radius 3 is 2.80 bits per heavy atom. The molecule has 0 aliphatic heterocycles. The van der Waals surface area contributed by atoms with Crippen LogP contribution in [0.1, 0.15) is 43.0 Å². The Bertz CT molecular complexity index is 601. The number of benzene rings is 1. The molecule has 1 heterocycles. The predicted octanol–water partition coefficient (Wildman–Crippen LogP) is 4.02. The summed E-state index contributed by atoms with van der Waals surface area (Å²) in [6.45, 7) is 2.56. The summed E-state index contributed by atoms with van der Waals surface area (Å²) >= 11 is 0. The Kier molecular flexibility index (Phi) is 4.93. The van der Waals surface area contributed by atoms with Gasteiger partial charge < -0.3 is 4.74 Å². The van der Waals surface area contributed by atoms with E-state index in [1.165, 1.54) is 10.8 Å². The number of hydrogen-bond donors (Lipinski definition) is 0. The number of rotatable bonds is 6. The summed E-state index contributed by atoms with van der Waals surface area (Å²) in [6, 6.07) is 7.31. The fraction of sp³-hybridized carbons (Fsp3) is 0.375. The topological polar surface area (TPSA) is 48.3 Å². The Hall–Kier alpha value is -2.10. The van der Waals surface area contributed by atoms with Gasteiger partial charge in [-0.15, -0.1) is 0 Å². The van der Waals surface area contributed by atoms with Gasteiger partial charge in [-0.25, -0.2) is 4.79 Å². The summed E-state index contributed by atoms with van der Waals surface area (Å²) in [5.41, 5.74) is 1.21. The van der Waals surface area contributed by atoms with E-state index in [9.17, 15) is 9.59 Å². The highest BCUT2D eigenvalue weighted by molar-refractivity contribution is 6.01. The second-order valence-electron chi connectivity index (χ2n) is 4.76. The van der Waals surface area contributed by atoms with Crippen LogP contribution in [0, 0.1) is 0 Å². The minimum atomic E-state index is -0.425. The van der Waals surface area contributed by atoms with Crippen LogP contribution in [0.15, 0.2) is 30.5 Å². The molecule has 0 amide bonds. The van der Waals surface area contributed by atoms with Crippen molar-refractivity contribution in [3.63, 3.8) is 0 Å². The molecule has 20 heavy (non-hydrogen) atoms. The first kappa shape index (κ1) is 14.3. The van der Waals surface area contributed by atoms with Crippen molar-refractivity contribution in [2.45, 2.75) is 32.6 Å². The quantitative estimate of drug-likeness (QED) is 0.590. The van der Waals surface area contributed by atoms with Gasteiger partial charge in [-0.3, -0.25) is 9.36 Å². The summed E-state index contributed by atoms with van der Waals surface area (Å²) in [5.74, 6) is 0. The maximum Gasteiger partial charge on any atom is 0.418 e. The lowest BCUT2D eigenvalue weighted by atomic mass is 10.2. The maximum atomic E-state index is 12.0. The molecular formula is C16H19NO3. The lowest BCUT2D eigenvalue weighted by Gasteiger charge is -2.06. The normalized spacial score (nSPS) is 10.7. The number of carbonyl (C=O) groups is 2. The van der Waals surface area contributed by atoms with Gasteiger partial charge in [-0.05, 0) is 12.5 Å². The highest BCUT2D eigenvalue weighted by Gasteiger charge is 2.13. The largest absolute Gasteiger partial charge is 0.449 e. The third-order valence-corrected chi connectivity index (χ3v) is 3.29. The van der Waals surface area contributed by atoms with Crippen molar-refractivity contribution in [3.05, 3.63) is 36.0 Å². The number of carbonyl (C=O) groups excluding carboxylic acids is 2. The van der Waals surface area contributed by atoms with Gasteiger partial charge in [0.25, 0.3) is 0 Å². The summed E-state index contributed by atoms with van der Waals surface area (Å²) < 4.78 is 6.65. The van der Waals surface area contributed by atoms with E-state index in [0.29, 0.717) is 17.7 Å². The molecule has 4 nitrogen and oxygen atoms in total. The van der Waals surface area contributed by atoms with Crippen LogP contribution in [0.3, 0.4) is 0 Å². The summed E-state index contributed by atoms with van der Waals surface area (Å²) in [7, 11) is 0. The predicted molar refractivity (Wildman–Crippen MR) is 78.2 cm³/mol. The Labute approximate surface area is 118 Å². The molecule has 0 unspecified atom stereocenters. The zero-order chi connectivity index (χ0) is 14.4. The van der Waals surface area contributed by atoms with Crippen molar-refractivity contribution < 1.29 is 14.3 Å². The summed E-state index contributed by atoms with van der Waals surface area (Å²) in [6.07, 6.45) is 6.11. The smallest absolute Gasteiger partial charge is 0.418 e. The van der Waals surface area contributed by atoms with Gasteiger partial charge in [0.15, 0.2) is 6.29 Å². The molecule has 2 aromatic rings. The number of aldehydes is 1. The van der Waals surface area contributed by atoms with E-state index in [4.69, 9.17) is 4.74 Å². The molecule has 0 bridgehead atoms. The zero-order valence-electron chi connectivity index (χ0n) is 11.7. The van der Waals surface area contributed by atoms with Crippen LogP contribution in [-0.4, -0.2) is 23.6 Å². The highest BCUT2D eigenvalue weighted by atomic mass is 16.5. The van der Waals surface area contributed by atoms with E-state index in [0.717, 1.165) is 37.4 Å². The molecule has 0 atom stereocenters. The second-order valence-corrected chi connectivity index (χ2v) is 4.76. The van der Waals surface area contributed by atoms with Crippen molar-refractivity contribution in [1.82, 2.24) is 4.57 Å². The molecule has 0 saturated heterocycles. The lowest BCUT2D eigenvalue weighted by Crippen LogP contribution is -2.13. The van der Waals surface area contributed by atoms with Gasteiger partial charge in [0.05, 0.1) is 12.1 Å². The van der Waals surface area contributed by atoms with Crippen LogP contribution >= 0.6 is 0 Å². The minimum Gasteiger partial charge on any atom is -0.449 e. The van der Waals surface area contributed by atoms with Crippen LogP contribution in [0.5, 0.6) is 0 Å². The summed E-state index contributed by atoms with van der Waals surface area (Å²) in [5, 5.41) is 0.769. The van der Waals surface area contributed by atoms with Gasteiger partial charge in [-0.1, -0.05) is 44.4 Å². The Morgan fingerprint density at radius 2 is 2.05 bits per heavy atom. The zero-order valence-corrected chi connectivity index (χ0v) is 11.7. The first-order valence-corrected chi connectivity index (χ1v) is 7.00. The molecule has 0 fully saturated rings. The van der Waals surface area contributed by atoms with Gasteiger partial charge >= 0.3 is 6.09 Å². The van der Waals surface area contributed by atoms with Crippen LogP contribution in [-0.2, 0) is 4.74 Å². The average molecular weight is 273 g/mol. The van der Waals surface area contributed by atoms with Gasteiger partial charge in [-0.2, -0.15) is 0 Å². The molecule has 2 rings (SSSR count). The highest BCUT2D eigenvalue weighted by Crippen LogP contribution is 2.20. The number of nitrogens with zero attached hydrogens (tertiary/aromatic N) is 1. The molecule has 0 radical (unpaired) electrons. The number of ether oxygens (including phenoxy) is 1. The molecule has 0 aliphatic rings. The minimum absolute atomic E-state index is 0.418. The molecule has 0 N–H and O–H groups in total. The number of fused-ring (bicyclic) bond motifs is 1. The number of unbranched alkanes of at least 4 members (excludes halogenated alkanes) is 3. The van der Waals surface area contributed by atoms with Crippen LogP contribution < -0.4 is 0 Å². The molecule has 4 heteroatoms. The monoisotopic (exact) mass is 273 g/mol. The average Bonchev–Trinajstić information content (AvgIpc) is 2.86. The van der Waals surface area contributed by atoms with Crippen molar-refractivity contribution in [3.8, 4) is 0 Å². The number of para-hydroxylation sites is 1. The van der Waals surface area contributed by atoms with Gasteiger partial charge in [0, 0.05) is 17.1 Å². The second kappa shape index (κ2) is 6.89. The van der Waals surface area contributed by atoms with Crippen molar-refractivity contribution in [1.29, 1.82) is 0 Å². The van der Waals surface area contributed by atoms with Crippen LogP contribution in [0.4, 0.5) is 4.79 Å². The number of hydrogen-bond acceptors (Lipinski definition) is 3. The first-order valence-electron chi connectivity index (χ1n) is 7.00. The summed E-state index contributed by atoms with van der Waals surface area (Å²) in [4.78, 5) is 23.1. The molecule has 1 aromatic heterocycles. The van der Waals surface area contributed by atoms with E-state index in [1.807, 2.05) is 18.2 Å². The first-order chi connectivity index (χ1) is 9.77. The van der Waals surface area contributed by atoms with Crippen LogP contribution in [0.2, 0.25) is 0 Å². The van der Waals surface area contributed by atoms with Crippen molar-refractivity contribution in [2.75, 3.05) is 6.61 Å². The Morgan fingerprint density at radius 1 is 1.25 bits per heavy atom. The van der Waals surface area contributed by atoms with E-state index >= 15 is 0 Å². The lowest BCUT2D eigenvalue weighted by molar-refractivity contribution is 0.112. The van der Waals surface area contributed by atoms with Crippen molar-refractivity contribution >= 4 is 23.3 Å². The molecule has 0 aliphatic carbocycles. The van der Waals surface area contributed by atoms with E-state index < -0.39 is 6.09 Å². The van der Waals surface area contributed by atoms with Gasteiger partial charge in [0.1, 0.15) is 0 Å². The van der Waals surface area contributed by atoms with Gasteiger partial charge in [0.2, 0.25) is 0 Å². The third-order valence-electron chi connectivity index (χ3n) is 3.29. The molecule has 0 saturated carbocycles. The fourth-order valence-electron chi connectivity index (χ4n) is 2.21. The van der Waals surface area contributed by atoms with Crippen molar-refractivity contribution in [2.24, 2.45) is 0 Å². The van der Waals surface area contributed by atoms with E-state index in [-0.39, 0.29) is 0 Å². The SMILES string of the molecule is CCCCCCOC(=O)n1cc(C=O)c2ccccc21. The molecular weight excluding hydrogens is 254 g/mol. The van der Waals surface area contributed by atoms with E-state index in [2.05, 4.69) is 6.92 Å².